The van der Waals surface area contributed by atoms with Crippen LogP contribution < -0.4 is 0 Å². The SMILES string of the molecule is C[C@H](c1nc(C2CC2)no1)N1CCN(S(=O)(=O)c2ccc(Cl)c(Cl)c2)CC1. The summed E-state index contributed by atoms with van der Waals surface area (Å²) < 4.78 is 32.6. The van der Waals surface area contributed by atoms with Crippen LogP contribution in [0, 0.1) is 0 Å². The summed E-state index contributed by atoms with van der Waals surface area (Å²) >= 11 is 11.9. The molecule has 10 heteroatoms. The molecule has 0 radical (unpaired) electrons. The van der Waals surface area contributed by atoms with E-state index in [9.17, 15) is 8.42 Å². The summed E-state index contributed by atoms with van der Waals surface area (Å²) in [6.45, 7) is 3.95. The zero-order chi connectivity index (χ0) is 19.2. The number of hydrogen-bond donors (Lipinski definition) is 0. The van der Waals surface area contributed by atoms with Crippen molar-refractivity contribution in [3.63, 3.8) is 0 Å². The lowest BCUT2D eigenvalue weighted by Crippen LogP contribution is -2.49. The Bertz CT molecular complexity index is 937. The molecule has 4 rings (SSSR count). The molecule has 2 aromatic rings. The van der Waals surface area contributed by atoms with Crippen molar-refractivity contribution in [2.75, 3.05) is 26.2 Å². The zero-order valence-corrected chi connectivity index (χ0v) is 17.1. The van der Waals surface area contributed by atoms with Gasteiger partial charge < -0.3 is 4.52 Å². The first-order chi connectivity index (χ1) is 12.9. The van der Waals surface area contributed by atoms with Crippen molar-refractivity contribution in [1.82, 2.24) is 19.3 Å². The number of sulfonamides is 1. The predicted octanol–water partition coefficient (Wildman–Crippen LogP) is 3.32. The molecule has 0 unspecified atom stereocenters. The van der Waals surface area contributed by atoms with Gasteiger partial charge in [-0.15, -0.1) is 0 Å². The van der Waals surface area contributed by atoms with E-state index in [0.29, 0.717) is 43.0 Å². The fraction of sp³-hybridized carbons (Fsp3) is 0.529. The number of aromatic nitrogens is 2. The van der Waals surface area contributed by atoms with E-state index in [1.165, 1.54) is 22.5 Å². The Labute approximate surface area is 168 Å². The first-order valence-electron chi connectivity index (χ1n) is 8.89. The standard InChI is InChI=1S/C17H20Cl2N4O3S/c1-11(17-20-16(21-26-17)12-2-3-12)22-6-8-23(9-7-22)27(24,25)13-4-5-14(18)15(19)10-13/h4-5,10-12H,2-3,6-9H2,1H3/t11-/m1/s1. The third kappa shape index (κ3) is 3.86. The fourth-order valence-electron chi connectivity index (χ4n) is 3.20. The van der Waals surface area contributed by atoms with Gasteiger partial charge in [0.25, 0.3) is 0 Å². The third-order valence-corrected chi connectivity index (χ3v) is 7.74. The van der Waals surface area contributed by atoms with Gasteiger partial charge in [0.15, 0.2) is 5.82 Å². The van der Waals surface area contributed by atoms with Crippen LogP contribution >= 0.6 is 23.2 Å². The first kappa shape index (κ1) is 19.1. The predicted molar refractivity (Wildman–Crippen MR) is 101 cm³/mol. The highest BCUT2D eigenvalue weighted by molar-refractivity contribution is 7.89. The molecule has 27 heavy (non-hydrogen) atoms. The quantitative estimate of drug-likeness (QED) is 0.723. The van der Waals surface area contributed by atoms with Crippen molar-refractivity contribution < 1.29 is 12.9 Å². The van der Waals surface area contributed by atoms with Crippen molar-refractivity contribution in [2.24, 2.45) is 0 Å². The van der Waals surface area contributed by atoms with Gasteiger partial charge in [-0.05, 0) is 38.0 Å². The van der Waals surface area contributed by atoms with Crippen LogP contribution in [0.5, 0.6) is 0 Å². The molecule has 1 saturated heterocycles. The normalized spacial score (nSPS) is 20.7. The van der Waals surface area contributed by atoms with Gasteiger partial charge in [-0.2, -0.15) is 9.29 Å². The first-order valence-corrected chi connectivity index (χ1v) is 11.1. The lowest BCUT2D eigenvalue weighted by Gasteiger charge is -2.36. The highest BCUT2D eigenvalue weighted by Gasteiger charge is 2.34. The average Bonchev–Trinajstić information content (AvgIpc) is 3.40. The Kier molecular flexibility index (Phi) is 5.20. The van der Waals surface area contributed by atoms with E-state index in [-0.39, 0.29) is 16.0 Å². The molecule has 1 aromatic heterocycles. The van der Waals surface area contributed by atoms with Crippen LogP contribution in [0.1, 0.15) is 43.4 Å². The molecule has 1 saturated carbocycles. The van der Waals surface area contributed by atoms with E-state index in [0.717, 1.165) is 18.7 Å². The second-order valence-corrected chi connectivity index (χ2v) is 9.71. The molecule has 0 bridgehead atoms. The molecule has 1 aliphatic heterocycles. The van der Waals surface area contributed by atoms with Crippen LogP contribution in [-0.4, -0.2) is 53.9 Å². The van der Waals surface area contributed by atoms with Gasteiger partial charge in [0.1, 0.15) is 0 Å². The number of benzene rings is 1. The molecular weight excluding hydrogens is 411 g/mol. The van der Waals surface area contributed by atoms with Crippen LogP contribution in [0.15, 0.2) is 27.6 Å². The Morgan fingerprint density at radius 1 is 1.15 bits per heavy atom. The number of nitrogens with zero attached hydrogens (tertiary/aromatic N) is 4. The van der Waals surface area contributed by atoms with Gasteiger partial charge in [0.05, 0.1) is 21.0 Å². The monoisotopic (exact) mass is 430 g/mol. The minimum Gasteiger partial charge on any atom is -0.338 e. The lowest BCUT2D eigenvalue weighted by atomic mass is 10.2. The number of hydrogen-bond acceptors (Lipinski definition) is 6. The van der Waals surface area contributed by atoms with Crippen molar-refractivity contribution in [3.05, 3.63) is 40.0 Å². The maximum absolute atomic E-state index is 12.8. The van der Waals surface area contributed by atoms with E-state index in [1.54, 1.807) is 0 Å². The van der Waals surface area contributed by atoms with E-state index in [2.05, 4.69) is 15.0 Å². The highest BCUT2D eigenvalue weighted by Crippen LogP contribution is 2.38. The van der Waals surface area contributed by atoms with Gasteiger partial charge in [0.2, 0.25) is 15.9 Å². The van der Waals surface area contributed by atoms with E-state index < -0.39 is 10.0 Å². The third-order valence-electron chi connectivity index (χ3n) is 5.11. The summed E-state index contributed by atoms with van der Waals surface area (Å²) in [6, 6.07) is 4.34. The highest BCUT2D eigenvalue weighted by atomic mass is 35.5. The van der Waals surface area contributed by atoms with Gasteiger partial charge >= 0.3 is 0 Å². The molecule has 1 aromatic carbocycles. The van der Waals surface area contributed by atoms with Crippen LogP contribution in [-0.2, 0) is 10.0 Å². The average molecular weight is 431 g/mol. The second kappa shape index (κ2) is 7.33. The zero-order valence-electron chi connectivity index (χ0n) is 14.8. The molecule has 7 nitrogen and oxygen atoms in total. The Balaban J connectivity index is 1.42. The summed E-state index contributed by atoms with van der Waals surface area (Å²) in [6.07, 6.45) is 2.25. The van der Waals surface area contributed by atoms with Crippen molar-refractivity contribution >= 4 is 33.2 Å². The van der Waals surface area contributed by atoms with Crippen LogP contribution in [0.25, 0.3) is 0 Å². The molecule has 2 fully saturated rings. The van der Waals surface area contributed by atoms with Crippen LogP contribution in [0.2, 0.25) is 10.0 Å². The second-order valence-electron chi connectivity index (χ2n) is 6.96. The molecule has 2 aliphatic rings. The topological polar surface area (TPSA) is 79.5 Å². The van der Waals surface area contributed by atoms with E-state index in [4.69, 9.17) is 27.7 Å². The van der Waals surface area contributed by atoms with E-state index in [1.807, 2.05) is 6.92 Å². The van der Waals surface area contributed by atoms with Gasteiger partial charge in [0, 0.05) is 32.1 Å². The Morgan fingerprint density at radius 2 is 1.85 bits per heavy atom. The summed E-state index contributed by atoms with van der Waals surface area (Å²) in [5, 5.41) is 4.62. The van der Waals surface area contributed by atoms with Crippen LogP contribution in [0.4, 0.5) is 0 Å². The maximum atomic E-state index is 12.8. The fourth-order valence-corrected chi connectivity index (χ4v) is 5.01. The summed E-state index contributed by atoms with van der Waals surface area (Å²) in [5.41, 5.74) is 0. The Morgan fingerprint density at radius 3 is 2.48 bits per heavy atom. The molecule has 1 atom stereocenters. The minimum atomic E-state index is -3.60. The van der Waals surface area contributed by atoms with Gasteiger partial charge in [-0.25, -0.2) is 8.42 Å². The molecule has 146 valence electrons. The molecule has 2 heterocycles. The molecular formula is C17H20Cl2N4O3S. The molecule has 0 amide bonds. The smallest absolute Gasteiger partial charge is 0.243 e. The van der Waals surface area contributed by atoms with Gasteiger partial charge in [-0.3, -0.25) is 4.90 Å². The summed E-state index contributed by atoms with van der Waals surface area (Å²) in [5.74, 6) is 1.83. The lowest BCUT2D eigenvalue weighted by molar-refractivity contribution is 0.124. The van der Waals surface area contributed by atoms with E-state index >= 15 is 0 Å². The molecule has 0 N–H and O–H groups in total. The largest absolute Gasteiger partial charge is 0.338 e. The van der Waals surface area contributed by atoms with Crippen LogP contribution in [0.3, 0.4) is 0 Å². The van der Waals surface area contributed by atoms with Crippen molar-refractivity contribution in [1.29, 1.82) is 0 Å². The number of halogens is 2. The maximum Gasteiger partial charge on any atom is 0.243 e. The summed E-state index contributed by atoms with van der Waals surface area (Å²) in [7, 11) is -3.60. The minimum absolute atomic E-state index is 0.0418. The number of piperazine rings is 1. The molecule has 0 spiro atoms. The van der Waals surface area contributed by atoms with Crippen molar-refractivity contribution in [3.8, 4) is 0 Å². The Hall–Kier alpha value is -1.19. The van der Waals surface area contributed by atoms with Crippen molar-refractivity contribution in [2.45, 2.75) is 36.6 Å². The molecule has 1 aliphatic carbocycles. The summed E-state index contributed by atoms with van der Waals surface area (Å²) in [4.78, 5) is 6.82. The van der Waals surface area contributed by atoms with Gasteiger partial charge in [-0.1, -0.05) is 28.4 Å². The number of rotatable bonds is 5.